The van der Waals surface area contributed by atoms with Crippen molar-refractivity contribution in [3.63, 3.8) is 0 Å². The Hall–Kier alpha value is 1.02. The van der Waals surface area contributed by atoms with Crippen molar-refractivity contribution in [2.45, 2.75) is 112 Å². The maximum atomic E-state index is 2.33. The zero-order valence-corrected chi connectivity index (χ0v) is 19.3. The minimum atomic E-state index is -0.839. The van der Waals surface area contributed by atoms with E-state index in [0.29, 0.717) is 0 Å². The van der Waals surface area contributed by atoms with E-state index in [-0.39, 0.29) is 8.80 Å². The van der Waals surface area contributed by atoms with Gasteiger partial charge in [0.2, 0.25) is 0 Å². The van der Waals surface area contributed by atoms with Gasteiger partial charge in [-0.05, 0) is 0 Å². The van der Waals surface area contributed by atoms with Crippen LogP contribution in [0.15, 0.2) is 0 Å². The van der Waals surface area contributed by atoms with Crippen LogP contribution in [0.4, 0.5) is 0 Å². The van der Waals surface area contributed by atoms with Crippen molar-refractivity contribution in [3.8, 4) is 0 Å². The van der Waals surface area contributed by atoms with Gasteiger partial charge in [0, 0.05) is 8.80 Å². The fraction of sp³-hybridized carbons (Fsp3) is 1.00. The quantitative estimate of drug-likeness (QED) is 0.296. The first-order valence-corrected chi connectivity index (χ1v) is 17.5. The molecule has 0 nitrogen and oxygen atoms in total. The van der Waals surface area contributed by atoms with Crippen LogP contribution in [-0.2, 0) is 0 Å². The maximum Gasteiger partial charge on any atom is 0.0470 e. The van der Waals surface area contributed by atoms with Gasteiger partial charge in [0.25, 0.3) is 0 Å². The summed E-state index contributed by atoms with van der Waals surface area (Å²) in [6.07, 6.45) is 8.85. The molecule has 0 saturated heterocycles. The second-order valence-corrected chi connectivity index (χ2v) is 18.1. The molecule has 0 N–H and O–H groups in total. The molecule has 0 aliphatic heterocycles. The molecule has 0 bridgehead atoms. The van der Waals surface area contributed by atoms with Crippen molar-refractivity contribution in [1.29, 1.82) is 0 Å². The van der Waals surface area contributed by atoms with Crippen molar-refractivity contribution in [3.05, 3.63) is 0 Å². The molecule has 0 aromatic heterocycles. The Labute approximate surface area is 139 Å². The van der Waals surface area contributed by atoms with Gasteiger partial charge >= 0.3 is 92.4 Å². The first kappa shape index (κ1) is 23.3. The smallest absolute Gasteiger partial charge is 0.0470 e. The molecule has 0 amide bonds. The van der Waals surface area contributed by atoms with Crippen molar-refractivity contribution in [2.75, 3.05) is 0 Å². The molecule has 0 saturated carbocycles. The molecule has 0 aromatic rings. The Kier molecular flexibility index (Phi) is 23.3. The molecule has 0 aliphatic rings. The fourth-order valence-electron chi connectivity index (χ4n) is 2.41. The van der Waals surface area contributed by atoms with E-state index >= 15 is 0 Å². The summed E-state index contributed by atoms with van der Waals surface area (Å²) in [6, 6.07) is 4.37. The number of hydrogen-bond acceptors (Lipinski definition) is 0. The fourth-order valence-corrected chi connectivity index (χ4v) is 13.4. The van der Waals surface area contributed by atoms with Crippen LogP contribution in [0, 0.1) is 0 Å². The standard InChI is InChI=1S/C6H15Si.3C4H9.Sn/c1-4-7(5-2)6-3;3*1-3-4-2;/h4-6H2,1-3H3;3*1,3-4H2,2H3;. The van der Waals surface area contributed by atoms with E-state index in [1.807, 2.05) is 0 Å². The van der Waals surface area contributed by atoms with Gasteiger partial charge in [0.05, 0.1) is 0 Å². The van der Waals surface area contributed by atoms with E-state index in [4.69, 9.17) is 0 Å². The summed E-state index contributed by atoms with van der Waals surface area (Å²) < 4.78 is 5.04. The first-order valence-electron chi connectivity index (χ1n) is 9.36. The van der Waals surface area contributed by atoms with Gasteiger partial charge in [-0.1, -0.05) is 38.9 Å². The molecule has 0 fully saturated rings. The third-order valence-corrected chi connectivity index (χ3v) is 16.2. The summed E-state index contributed by atoms with van der Waals surface area (Å²) in [6.45, 7) is 13.9. The molecule has 122 valence electrons. The van der Waals surface area contributed by atoms with Gasteiger partial charge < -0.3 is 0 Å². The van der Waals surface area contributed by atoms with Crippen molar-refractivity contribution >= 4 is 28.6 Å². The third-order valence-electron chi connectivity index (χ3n) is 4.15. The molecule has 0 heterocycles. The van der Waals surface area contributed by atoms with Crippen LogP contribution in [0.25, 0.3) is 0 Å². The van der Waals surface area contributed by atoms with Crippen LogP contribution < -0.4 is 0 Å². The monoisotopic (exact) mass is 406 g/mol. The van der Waals surface area contributed by atoms with Crippen molar-refractivity contribution in [2.24, 2.45) is 0 Å². The van der Waals surface area contributed by atoms with Crippen LogP contribution in [0.3, 0.4) is 0 Å². The van der Waals surface area contributed by atoms with Gasteiger partial charge in [0.15, 0.2) is 0 Å². The molecule has 20 heavy (non-hydrogen) atoms. The van der Waals surface area contributed by atoms with Crippen LogP contribution in [0.2, 0.25) is 31.4 Å². The molecule has 0 rings (SSSR count). The largest absolute Gasteiger partial charge is 0.0680 e. The van der Waals surface area contributed by atoms with Gasteiger partial charge in [-0.3, -0.25) is 0 Å². The van der Waals surface area contributed by atoms with Crippen LogP contribution in [0.5, 0.6) is 0 Å². The Bertz CT molecular complexity index is 133. The van der Waals surface area contributed by atoms with Crippen LogP contribution >= 0.6 is 0 Å². The Morgan fingerprint density at radius 2 is 0.850 bits per heavy atom. The first-order chi connectivity index (χ1) is 9.69. The molecule has 2 radical (unpaired) electrons. The Morgan fingerprint density at radius 3 is 1.00 bits per heavy atom. The summed E-state index contributed by atoms with van der Waals surface area (Å²) in [5, 5.41) is 0. The summed E-state index contributed by atoms with van der Waals surface area (Å²) >= 11 is -0.839. The maximum absolute atomic E-state index is 2.33. The average Bonchev–Trinajstić information content (AvgIpc) is 2.49. The van der Waals surface area contributed by atoms with Crippen molar-refractivity contribution in [1.82, 2.24) is 0 Å². The summed E-state index contributed by atoms with van der Waals surface area (Å²) in [7, 11) is 0.137. The molecule has 0 atom stereocenters. The zero-order chi connectivity index (χ0) is 15.6. The summed E-state index contributed by atoms with van der Waals surface area (Å²) in [5.74, 6) is 0. The van der Waals surface area contributed by atoms with Gasteiger partial charge in [-0.15, -0.1) is 0 Å². The van der Waals surface area contributed by atoms with E-state index in [2.05, 4.69) is 41.5 Å². The molecule has 0 aromatic carbocycles. The number of rotatable bonds is 12. The minimum absolute atomic E-state index is 0.137. The summed E-state index contributed by atoms with van der Waals surface area (Å²) in [5.41, 5.74) is 0. The minimum Gasteiger partial charge on any atom is -0.0680 e. The van der Waals surface area contributed by atoms with Gasteiger partial charge in [-0.2, -0.15) is 0 Å². The molecule has 0 spiro atoms. The second kappa shape index (κ2) is 20.0. The number of hydrogen-bond donors (Lipinski definition) is 0. The molecule has 2 heteroatoms. The van der Waals surface area contributed by atoms with Crippen molar-refractivity contribution < 1.29 is 0 Å². The predicted octanol–water partition coefficient (Wildman–Crippen LogP) is 7.42. The average molecular weight is 405 g/mol. The third kappa shape index (κ3) is 17.1. The molecular weight excluding hydrogens is 363 g/mol. The van der Waals surface area contributed by atoms with E-state index < -0.39 is 19.8 Å². The predicted molar refractivity (Wildman–Crippen MR) is 102 cm³/mol. The number of unbranched alkanes of at least 4 members (excludes halogenated alkanes) is 3. The van der Waals surface area contributed by atoms with E-state index in [0.717, 1.165) is 0 Å². The van der Waals surface area contributed by atoms with E-state index in [9.17, 15) is 0 Å². The Morgan fingerprint density at radius 1 is 0.550 bits per heavy atom. The molecule has 0 unspecified atom stereocenters. The van der Waals surface area contributed by atoms with Gasteiger partial charge in [0.1, 0.15) is 0 Å². The SMILES string of the molecule is CCC[CH2][Sn]([CH2]CCC)[CH2]CCC.CC[Si](CC)CC. The van der Waals surface area contributed by atoms with Gasteiger partial charge in [-0.25, -0.2) is 0 Å². The zero-order valence-electron chi connectivity index (χ0n) is 15.5. The molecular formula is C18H42SiSn. The Balaban J connectivity index is 0. The van der Waals surface area contributed by atoms with Crippen LogP contribution in [-0.4, -0.2) is 28.6 Å². The topological polar surface area (TPSA) is 0 Å². The second-order valence-electron chi connectivity index (χ2n) is 5.87. The molecule has 0 aliphatic carbocycles. The van der Waals surface area contributed by atoms with E-state index in [1.54, 1.807) is 13.3 Å². The summed E-state index contributed by atoms with van der Waals surface area (Å²) in [4.78, 5) is 0. The normalized spacial score (nSPS) is 10.8. The van der Waals surface area contributed by atoms with Crippen LogP contribution in [0.1, 0.15) is 80.1 Å². The van der Waals surface area contributed by atoms with E-state index in [1.165, 1.54) is 56.7 Å².